The number of likely N-dealkylation sites (N-methyl/N-ethyl adjacent to an activating group) is 1. The number of nitrogens with zero attached hydrogens (tertiary/aromatic N) is 4. The molecule has 1 amide bonds. The van der Waals surface area contributed by atoms with Crippen molar-refractivity contribution in [2.45, 2.75) is 6.42 Å². The van der Waals surface area contributed by atoms with Crippen LogP contribution in [0.5, 0.6) is 0 Å². The number of aromatic nitrogens is 3. The Hall–Kier alpha value is -1.72. The third-order valence-corrected chi connectivity index (χ3v) is 1.66. The molecule has 0 spiro atoms. The summed E-state index contributed by atoms with van der Waals surface area (Å²) in [5.41, 5.74) is 3.38. The predicted octanol–water partition coefficient (Wildman–Crippen LogP) is -0.787. The second-order valence-electron chi connectivity index (χ2n) is 2.50. The Labute approximate surface area is 68.6 Å². The van der Waals surface area contributed by atoms with Gasteiger partial charge in [0.05, 0.1) is 6.42 Å². The van der Waals surface area contributed by atoms with Gasteiger partial charge in [-0.15, -0.1) is 10.2 Å². The maximum atomic E-state index is 11.1. The molecule has 1 aromatic rings. The summed E-state index contributed by atoms with van der Waals surface area (Å²) in [6.07, 6.45) is 1.61. The van der Waals surface area contributed by atoms with Gasteiger partial charge in [-0.1, -0.05) is 0 Å². The Morgan fingerprint density at radius 1 is 1.67 bits per heavy atom. The maximum absolute atomic E-state index is 11.1. The number of rotatable bonds is 0. The molecule has 0 saturated carbocycles. The number of anilines is 1. The van der Waals surface area contributed by atoms with Gasteiger partial charge in [0, 0.05) is 7.05 Å². The Balaban J connectivity index is 2.40. The van der Waals surface area contributed by atoms with Crippen molar-refractivity contribution in [1.29, 1.82) is 0 Å². The third kappa shape index (κ3) is 0.969. The van der Waals surface area contributed by atoms with E-state index in [1.165, 1.54) is 11.3 Å². The first kappa shape index (κ1) is 6.96. The zero-order chi connectivity index (χ0) is 8.55. The number of nitrogens with one attached hydrogen (secondary N) is 1. The molecule has 6 heteroatoms. The molecule has 0 aliphatic carbocycles. The topological polar surface area (TPSA) is 71.0 Å². The van der Waals surface area contributed by atoms with E-state index in [0.717, 1.165) is 0 Å². The van der Waals surface area contributed by atoms with Gasteiger partial charge < -0.3 is 0 Å². The molecule has 1 N–H and O–H groups in total. The van der Waals surface area contributed by atoms with Gasteiger partial charge in [0.15, 0.2) is 5.82 Å². The molecule has 2 heterocycles. The van der Waals surface area contributed by atoms with Gasteiger partial charge in [-0.2, -0.15) is 0 Å². The van der Waals surface area contributed by atoms with Crippen LogP contribution in [0.15, 0.2) is 6.33 Å². The molecule has 0 radical (unpaired) electrons. The van der Waals surface area contributed by atoms with Crippen LogP contribution in [-0.2, 0) is 11.2 Å². The van der Waals surface area contributed by atoms with Gasteiger partial charge >= 0.3 is 0 Å². The first-order chi connectivity index (χ1) is 5.77. The summed E-state index contributed by atoms with van der Waals surface area (Å²) in [7, 11) is 1.65. The summed E-state index contributed by atoms with van der Waals surface area (Å²) >= 11 is 0. The van der Waals surface area contributed by atoms with Crippen LogP contribution in [0.2, 0.25) is 0 Å². The normalized spacial score (nSPS) is 15.4. The lowest BCUT2D eigenvalue weighted by Crippen LogP contribution is -2.38. The largest absolute Gasteiger partial charge is 0.278 e. The van der Waals surface area contributed by atoms with Crippen molar-refractivity contribution in [2.75, 3.05) is 12.5 Å². The van der Waals surface area contributed by atoms with Crippen LogP contribution in [0.1, 0.15) is 5.69 Å². The number of hydrazine groups is 1. The summed E-state index contributed by atoms with van der Waals surface area (Å²) in [6.45, 7) is 0. The fourth-order valence-electron chi connectivity index (χ4n) is 0.996. The first-order valence-corrected chi connectivity index (χ1v) is 3.47. The minimum atomic E-state index is -0.0372. The van der Waals surface area contributed by atoms with Crippen LogP contribution in [0, 0.1) is 0 Å². The van der Waals surface area contributed by atoms with Crippen LogP contribution in [0.25, 0.3) is 0 Å². The minimum absolute atomic E-state index is 0.0372. The van der Waals surface area contributed by atoms with E-state index < -0.39 is 0 Å². The molecule has 0 saturated heterocycles. The van der Waals surface area contributed by atoms with Gasteiger partial charge in [-0.3, -0.25) is 15.2 Å². The lowest BCUT2D eigenvalue weighted by atomic mass is 10.2. The van der Waals surface area contributed by atoms with Crippen molar-refractivity contribution >= 4 is 11.7 Å². The molecular formula is C6H7N5O. The maximum Gasteiger partial charge on any atom is 0.246 e. The van der Waals surface area contributed by atoms with E-state index in [1.807, 2.05) is 0 Å². The molecule has 6 nitrogen and oxygen atoms in total. The van der Waals surface area contributed by atoms with Gasteiger partial charge in [0.1, 0.15) is 12.0 Å². The third-order valence-electron chi connectivity index (χ3n) is 1.66. The molecule has 0 aromatic carbocycles. The molecule has 1 aliphatic rings. The monoisotopic (exact) mass is 165 g/mol. The van der Waals surface area contributed by atoms with Crippen LogP contribution >= 0.6 is 0 Å². The zero-order valence-corrected chi connectivity index (χ0v) is 6.48. The molecule has 2 rings (SSSR count). The van der Waals surface area contributed by atoms with Crippen molar-refractivity contribution in [3.8, 4) is 0 Å². The van der Waals surface area contributed by atoms with Crippen LogP contribution < -0.4 is 5.43 Å². The molecular weight excluding hydrogens is 158 g/mol. The van der Waals surface area contributed by atoms with E-state index in [-0.39, 0.29) is 12.3 Å². The van der Waals surface area contributed by atoms with Crippen LogP contribution in [-0.4, -0.2) is 33.1 Å². The fraction of sp³-hybridized carbons (Fsp3) is 0.333. The van der Waals surface area contributed by atoms with Gasteiger partial charge in [0.25, 0.3) is 0 Å². The number of hydrogen-bond donors (Lipinski definition) is 1. The Bertz CT molecular complexity index is 325. The van der Waals surface area contributed by atoms with Gasteiger partial charge in [-0.25, -0.2) is 4.98 Å². The molecule has 0 bridgehead atoms. The van der Waals surface area contributed by atoms with E-state index in [0.29, 0.717) is 11.5 Å². The Morgan fingerprint density at radius 3 is 3.33 bits per heavy atom. The van der Waals surface area contributed by atoms with Crippen LogP contribution in [0.3, 0.4) is 0 Å². The average Bonchev–Trinajstić information content (AvgIpc) is 2.07. The smallest absolute Gasteiger partial charge is 0.246 e. The second-order valence-corrected chi connectivity index (χ2v) is 2.50. The Kier molecular flexibility index (Phi) is 1.39. The highest BCUT2D eigenvalue weighted by Gasteiger charge is 2.21. The summed E-state index contributed by atoms with van der Waals surface area (Å²) in [5.74, 6) is 0.567. The van der Waals surface area contributed by atoms with Crippen molar-refractivity contribution in [3.05, 3.63) is 12.0 Å². The van der Waals surface area contributed by atoms with Crippen molar-refractivity contribution in [2.24, 2.45) is 0 Å². The number of fused-ring (bicyclic) bond motifs is 1. The summed E-state index contributed by atoms with van der Waals surface area (Å²) in [5, 5.41) is 8.75. The van der Waals surface area contributed by atoms with Crippen LogP contribution in [0.4, 0.5) is 5.82 Å². The molecule has 1 aromatic heterocycles. The van der Waals surface area contributed by atoms with E-state index in [9.17, 15) is 4.79 Å². The van der Waals surface area contributed by atoms with Crippen molar-refractivity contribution in [3.63, 3.8) is 0 Å². The fourth-order valence-corrected chi connectivity index (χ4v) is 0.996. The number of carbonyl (C=O) groups excluding carboxylic acids is 1. The minimum Gasteiger partial charge on any atom is -0.278 e. The SMILES string of the molecule is CN1Nc2ncnnc2CC1=O. The van der Waals surface area contributed by atoms with E-state index in [1.54, 1.807) is 7.05 Å². The van der Waals surface area contributed by atoms with Gasteiger partial charge in [0.2, 0.25) is 5.91 Å². The molecule has 12 heavy (non-hydrogen) atoms. The zero-order valence-electron chi connectivity index (χ0n) is 6.48. The highest BCUT2D eigenvalue weighted by molar-refractivity contribution is 5.82. The highest BCUT2D eigenvalue weighted by atomic mass is 16.2. The van der Waals surface area contributed by atoms with E-state index in [2.05, 4.69) is 20.6 Å². The summed E-state index contributed by atoms with van der Waals surface area (Å²) in [4.78, 5) is 15.1. The summed E-state index contributed by atoms with van der Waals surface area (Å²) < 4.78 is 0. The number of hydrogen-bond acceptors (Lipinski definition) is 5. The average molecular weight is 165 g/mol. The number of carbonyl (C=O) groups is 1. The Morgan fingerprint density at radius 2 is 2.50 bits per heavy atom. The standard InChI is InChI=1S/C6H7N5O/c1-11-5(12)2-4-6(10-11)7-3-8-9-4/h3H,2H2,1H3,(H,7,8,10). The molecule has 1 aliphatic heterocycles. The van der Waals surface area contributed by atoms with E-state index >= 15 is 0 Å². The highest BCUT2D eigenvalue weighted by Crippen LogP contribution is 2.14. The lowest BCUT2D eigenvalue weighted by molar-refractivity contribution is -0.128. The van der Waals surface area contributed by atoms with E-state index in [4.69, 9.17) is 0 Å². The number of amides is 1. The predicted molar refractivity (Wildman–Crippen MR) is 39.9 cm³/mol. The molecule has 0 atom stereocenters. The summed E-state index contributed by atoms with van der Waals surface area (Å²) in [6, 6.07) is 0. The van der Waals surface area contributed by atoms with Crippen molar-refractivity contribution in [1.82, 2.24) is 20.2 Å². The quantitative estimate of drug-likeness (QED) is 0.545. The van der Waals surface area contributed by atoms with Crippen molar-refractivity contribution < 1.29 is 4.79 Å². The molecule has 0 fully saturated rings. The van der Waals surface area contributed by atoms with Gasteiger partial charge in [-0.05, 0) is 0 Å². The molecule has 0 unspecified atom stereocenters. The molecule has 62 valence electrons. The second kappa shape index (κ2) is 2.40. The first-order valence-electron chi connectivity index (χ1n) is 3.47. The lowest BCUT2D eigenvalue weighted by Gasteiger charge is -2.23.